The summed E-state index contributed by atoms with van der Waals surface area (Å²) in [5.74, 6) is 0.372. The molecule has 21 heavy (non-hydrogen) atoms. The van der Waals surface area contributed by atoms with Crippen LogP contribution < -0.4 is 0 Å². The van der Waals surface area contributed by atoms with E-state index in [0.717, 1.165) is 58.9 Å². The maximum absolute atomic E-state index is 10.6. The molecule has 126 valence electrons. The van der Waals surface area contributed by atoms with Gasteiger partial charge in [-0.3, -0.25) is 4.90 Å². The molecule has 0 amide bonds. The highest BCUT2D eigenvalue weighted by Gasteiger charge is 2.38. The van der Waals surface area contributed by atoms with E-state index in [9.17, 15) is 5.11 Å². The number of aliphatic hydroxyl groups excluding tert-OH is 1. The van der Waals surface area contributed by atoms with Gasteiger partial charge in [0, 0.05) is 32.8 Å². The highest BCUT2D eigenvalue weighted by Crippen LogP contribution is 2.39. The fourth-order valence-corrected chi connectivity index (χ4v) is 3.26. The van der Waals surface area contributed by atoms with Gasteiger partial charge in [0.15, 0.2) is 0 Å². The van der Waals surface area contributed by atoms with E-state index in [1.807, 2.05) is 13.8 Å². The summed E-state index contributed by atoms with van der Waals surface area (Å²) in [7, 11) is 0. The highest BCUT2D eigenvalue weighted by atomic mass is 16.5. The van der Waals surface area contributed by atoms with E-state index >= 15 is 0 Å². The molecule has 0 aromatic rings. The van der Waals surface area contributed by atoms with Gasteiger partial charge in [0.2, 0.25) is 0 Å². The maximum atomic E-state index is 10.6. The van der Waals surface area contributed by atoms with Crippen LogP contribution in [-0.4, -0.2) is 62.2 Å². The van der Waals surface area contributed by atoms with Crippen molar-refractivity contribution in [3.8, 4) is 0 Å². The zero-order valence-electron chi connectivity index (χ0n) is 14.4. The van der Waals surface area contributed by atoms with Crippen LogP contribution in [0.2, 0.25) is 0 Å². The normalized spacial score (nSPS) is 25.4. The molecule has 2 atom stereocenters. The Labute approximate surface area is 130 Å². The van der Waals surface area contributed by atoms with Crippen molar-refractivity contribution in [1.82, 2.24) is 4.90 Å². The summed E-state index contributed by atoms with van der Waals surface area (Å²) >= 11 is 0. The molecule has 2 unspecified atom stereocenters. The fraction of sp³-hybridized carbons (Fsp3) is 1.00. The predicted octanol–water partition coefficient (Wildman–Crippen LogP) is 2.55. The van der Waals surface area contributed by atoms with E-state index in [1.165, 1.54) is 6.42 Å². The first kappa shape index (κ1) is 18.9. The first-order valence-corrected chi connectivity index (χ1v) is 8.57. The Morgan fingerprint density at radius 1 is 1.10 bits per heavy atom. The molecule has 0 aliphatic heterocycles. The van der Waals surface area contributed by atoms with Crippen LogP contribution in [0, 0.1) is 11.3 Å². The van der Waals surface area contributed by atoms with Crippen molar-refractivity contribution >= 4 is 0 Å². The van der Waals surface area contributed by atoms with Gasteiger partial charge in [0.1, 0.15) is 0 Å². The van der Waals surface area contributed by atoms with E-state index in [-0.39, 0.29) is 11.5 Å². The van der Waals surface area contributed by atoms with Crippen LogP contribution in [0.15, 0.2) is 0 Å². The summed E-state index contributed by atoms with van der Waals surface area (Å²) in [5.41, 5.74) is 0.0500. The minimum Gasteiger partial charge on any atom is -0.392 e. The summed E-state index contributed by atoms with van der Waals surface area (Å²) in [4.78, 5) is 2.39. The minimum absolute atomic E-state index is 0.0500. The van der Waals surface area contributed by atoms with Crippen molar-refractivity contribution in [3.05, 3.63) is 0 Å². The lowest BCUT2D eigenvalue weighted by atomic mass is 9.69. The third kappa shape index (κ3) is 6.64. The molecule has 1 aliphatic carbocycles. The quantitative estimate of drug-likeness (QED) is 0.630. The first-order valence-electron chi connectivity index (χ1n) is 8.57. The maximum Gasteiger partial charge on any atom is 0.0631 e. The molecule has 0 bridgehead atoms. The number of ether oxygens (including phenoxy) is 2. The van der Waals surface area contributed by atoms with Gasteiger partial charge in [-0.1, -0.05) is 20.3 Å². The standard InChI is InChI=1S/C17H35NO3/c1-5-20-12-10-18(11-13-21-6-2)14-15-8-7-9-17(3,4)16(15)19/h15-16,19H,5-14H2,1-4H3. The molecule has 1 aliphatic rings. The smallest absolute Gasteiger partial charge is 0.0631 e. The zero-order chi connectivity index (χ0) is 15.7. The zero-order valence-corrected chi connectivity index (χ0v) is 14.4. The van der Waals surface area contributed by atoms with Crippen LogP contribution in [0.25, 0.3) is 0 Å². The lowest BCUT2D eigenvalue weighted by molar-refractivity contribution is -0.0468. The highest BCUT2D eigenvalue weighted by molar-refractivity contribution is 4.89. The molecule has 0 radical (unpaired) electrons. The Morgan fingerprint density at radius 3 is 2.19 bits per heavy atom. The second-order valence-corrected chi connectivity index (χ2v) is 6.78. The number of hydrogen-bond donors (Lipinski definition) is 1. The number of hydrogen-bond acceptors (Lipinski definition) is 4. The molecule has 4 nitrogen and oxygen atoms in total. The monoisotopic (exact) mass is 301 g/mol. The van der Waals surface area contributed by atoms with Crippen LogP contribution in [0.1, 0.15) is 47.0 Å². The average molecular weight is 301 g/mol. The molecular formula is C17H35NO3. The first-order chi connectivity index (χ1) is 10.0. The molecule has 0 aromatic carbocycles. The van der Waals surface area contributed by atoms with Gasteiger partial charge < -0.3 is 14.6 Å². The molecule has 4 heteroatoms. The predicted molar refractivity (Wildman–Crippen MR) is 86.6 cm³/mol. The summed E-state index contributed by atoms with van der Waals surface area (Å²) in [6, 6.07) is 0. The average Bonchev–Trinajstić information content (AvgIpc) is 2.44. The van der Waals surface area contributed by atoms with Gasteiger partial charge in [-0.25, -0.2) is 0 Å². The molecule has 1 fully saturated rings. The van der Waals surface area contributed by atoms with Gasteiger partial charge in [0.05, 0.1) is 19.3 Å². The van der Waals surface area contributed by atoms with E-state index in [0.29, 0.717) is 5.92 Å². The summed E-state index contributed by atoms with van der Waals surface area (Å²) in [6.07, 6.45) is 3.28. The summed E-state index contributed by atoms with van der Waals surface area (Å²) in [6.45, 7) is 14.3. The van der Waals surface area contributed by atoms with E-state index in [2.05, 4.69) is 18.7 Å². The number of nitrogens with zero attached hydrogens (tertiary/aromatic N) is 1. The molecule has 1 rings (SSSR count). The summed E-state index contributed by atoms with van der Waals surface area (Å²) in [5, 5.41) is 10.6. The second kappa shape index (κ2) is 9.78. The Balaban J connectivity index is 2.48. The van der Waals surface area contributed by atoms with Crippen molar-refractivity contribution in [1.29, 1.82) is 0 Å². The Hall–Kier alpha value is -0.160. The lowest BCUT2D eigenvalue weighted by Crippen LogP contribution is -2.46. The van der Waals surface area contributed by atoms with Gasteiger partial charge in [0.25, 0.3) is 0 Å². The Kier molecular flexibility index (Phi) is 8.79. The lowest BCUT2D eigenvalue weighted by Gasteiger charge is -2.42. The minimum atomic E-state index is -0.201. The molecule has 0 spiro atoms. The van der Waals surface area contributed by atoms with Crippen molar-refractivity contribution in [2.45, 2.75) is 53.1 Å². The van der Waals surface area contributed by atoms with Gasteiger partial charge in [-0.15, -0.1) is 0 Å². The van der Waals surface area contributed by atoms with Crippen LogP contribution in [0.4, 0.5) is 0 Å². The van der Waals surface area contributed by atoms with Crippen molar-refractivity contribution in [3.63, 3.8) is 0 Å². The van der Waals surface area contributed by atoms with Crippen molar-refractivity contribution in [2.75, 3.05) is 46.1 Å². The molecule has 0 saturated heterocycles. The van der Waals surface area contributed by atoms with Crippen LogP contribution in [0.3, 0.4) is 0 Å². The van der Waals surface area contributed by atoms with Crippen LogP contribution in [0.5, 0.6) is 0 Å². The molecule has 0 heterocycles. The van der Waals surface area contributed by atoms with Gasteiger partial charge in [-0.05, 0) is 38.0 Å². The molecule has 1 N–H and O–H groups in total. The van der Waals surface area contributed by atoms with Crippen LogP contribution in [-0.2, 0) is 9.47 Å². The molecule has 0 aromatic heterocycles. The van der Waals surface area contributed by atoms with E-state index in [1.54, 1.807) is 0 Å². The Bertz CT molecular complexity index is 261. The number of rotatable bonds is 10. The molecule has 1 saturated carbocycles. The fourth-order valence-electron chi connectivity index (χ4n) is 3.26. The topological polar surface area (TPSA) is 41.9 Å². The van der Waals surface area contributed by atoms with E-state index in [4.69, 9.17) is 9.47 Å². The van der Waals surface area contributed by atoms with Gasteiger partial charge >= 0.3 is 0 Å². The third-order valence-corrected chi connectivity index (χ3v) is 4.65. The summed E-state index contributed by atoms with van der Waals surface area (Å²) < 4.78 is 11.0. The van der Waals surface area contributed by atoms with Crippen molar-refractivity contribution in [2.24, 2.45) is 11.3 Å². The number of aliphatic hydroxyl groups is 1. The molecular weight excluding hydrogens is 266 g/mol. The van der Waals surface area contributed by atoms with Crippen molar-refractivity contribution < 1.29 is 14.6 Å². The van der Waals surface area contributed by atoms with Gasteiger partial charge in [-0.2, -0.15) is 0 Å². The second-order valence-electron chi connectivity index (χ2n) is 6.78. The Morgan fingerprint density at radius 2 is 1.67 bits per heavy atom. The third-order valence-electron chi connectivity index (χ3n) is 4.65. The largest absolute Gasteiger partial charge is 0.392 e. The van der Waals surface area contributed by atoms with Crippen LogP contribution >= 0.6 is 0 Å². The van der Waals surface area contributed by atoms with E-state index < -0.39 is 0 Å². The SMILES string of the molecule is CCOCCN(CCOCC)CC1CCCC(C)(C)C1O.